The highest BCUT2D eigenvalue weighted by molar-refractivity contribution is 8.04. The molecule has 0 aliphatic carbocycles. The molecular formula is C27H21ClN4O4S. The predicted octanol–water partition coefficient (Wildman–Crippen LogP) is 6.51. The van der Waals surface area contributed by atoms with Gasteiger partial charge in [0, 0.05) is 21.5 Å². The molecule has 2 aromatic heterocycles. The molecule has 8 nitrogen and oxygen atoms in total. The lowest BCUT2D eigenvalue weighted by atomic mass is 10.0. The Bertz CT molecular complexity index is 1630. The van der Waals surface area contributed by atoms with Gasteiger partial charge in [-0.3, -0.25) is 5.10 Å². The first-order valence-corrected chi connectivity index (χ1v) is 12.3. The van der Waals surface area contributed by atoms with Gasteiger partial charge in [-0.2, -0.15) is 0 Å². The van der Waals surface area contributed by atoms with Crippen LogP contribution in [0.2, 0.25) is 5.02 Å². The first-order chi connectivity index (χ1) is 18.0. The van der Waals surface area contributed by atoms with Crippen LogP contribution in [0.1, 0.15) is 5.56 Å². The second-order valence-corrected chi connectivity index (χ2v) is 9.36. The molecule has 5 rings (SSSR count). The Hall–Kier alpha value is -4.21. The number of carbonyl (C=O) groups is 1. The molecule has 0 spiro atoms. The fourth-order valence-corrected chi connectivity index (χ4v) is 4.80. The van der Waals surface area contributed by atoms with Crippen LogP contribution in [0.25, 0.3) is 39.6 Å². The van der Waals surface area contributed by atoms with Crippen molar-refractivity contribution in [2.75, 3.05) is 14.2 Å². The van der Waals surface area contributed by atoms with E-state index in [2.05, 4.69) is 20.2 Å². The second-order valence-electron chi connectivity index (χ2n) is 7.92. The van der Waals surface area contributed by atoms with Crippen LogP contribution in [0.3, 0.4) is 0 Å². The number of aromatic nitrogens is 4. The van der Waals surface area contributed by atoms with Crippen LogP contribution < -0.4 is 9.47 Å². The van der Waals surface area contributed by atoms with Crippen LogP contribution in [-0.2, 0) is 4.79 Å². The number of nitrogens with zero attached hydrogens (tertiary/aromatic N) is 2. The molecule has 10 heteroatoms. The predicted molar refractivity (Wildman–Crippen MR) is 145 cm³/mol. The summed E-state index contributed by atoms with van der Waals surface area (Å²) < 4.78 is 10.8. The van der Waals surface area contributed by atoms with Crippen molar-refractivity contribution in [3.8, 4) is 34.1 Å². The maximum Gasteiger partial charge on any atom is 0.342 e. The summed E-state index contributed by atoms with van der Waals surface area (Å²) in [4.78, 5) is 20.3. The van der Waals surface area contributed by atoms with Gasteiger partial charge in [0.05, 0.1) is 25.5 Å². The van der Waals surface area contributed by atoms with Gasteiger partial charge in [0.25, 0.3) is 0 Å². The molecule has 37 heavy (non-hydrogen) atoms. The van der Waals surface area contributed by atoms with Gasteiger partial charge in [-0.15, -0.1) is 5.10 Å². The van der Waals surface area contributed by atoms with Crippen molar-refractivity contribution in [1.29, 1.82) is 0 Å². The number of carboxylic acid groups (broad SMARTS) is 1. The molecule has 0 unspecified atom stereocenters. The quantitative estimate of drug-likeness (QED) is 0.154. The molecule has 0 saturated heterocycles. The number of ether oxygens (including phenoxy) is 2. The Balaban J connectivity index is 1.58. The molecule has 3 aromatic carbocycles. The number of methoxy groups -OCH3 is 2. The van der Waals surface area contributed by atoms with Gasteiger partial charge in [0.2, 0.25) is 5.16 Å². The second kappa shape index (κ2) is 10.4. The number of aromatic amines is 2. The SMILES string of the molecule is COc1ccc2[nH]c(-c3ccccc3)c(/C=C(\Sc3n[nH]c(-c4cc(Cl)ccc4OC)n3)C(=O)O)c2c1. The summed E-state index contributed by atoms with van der Waals surface area (Å²) in [7, 11) is 3.14. The Labute approximate surface area is 221 Å². The molecule has 3 N–H and O–H groups in total. The van der Waals surface area contributed by atoms with Crippen molar-refractivity contribution in [1.82, 2.24) is 20.2 Å². The van der Waals surface area contributed by atoms with E-state index in [1.807, 2.05) is 48.5 Å². The number of aliphatic carboxylic acids is 1. The zero-order chi connectivity index (χ0) is 25.9. The average Bonchev–Trinajstić information content (AvgIpc) is 3.53. The normalized spacial score (nSPS) is 11.6. The summed E-state index contributed by atoms with van der Waals surface area (Å²) in [5.74, 6) is 0.534. The van der Waals surface area contributed by atoms with Crippen molar-refractivity contribution in [2.24, 2.45) is 0 Å². The van der Waals surface area contributed by atoms with Crippen molar-refractivity contribution in [3.63, 3.8) is 0 Å². The third kappa shape index (κ3) is 5.04. The van der Waals surface area contributed by atoms with Crippen molar-refractivity contribution in [3.05, 3.63) is 82.2 Å². The maximum atomic E-state index is 12.3. The number of nitrogens with one attached hydrogen (secondary N) is 2. The number of benzene rings is 3. The molecule has 186 valence electrons. The minimum Gasteiger partial charge on any atom is -0.497 e. The number of halogens is 1. The highest BCUT2D eigenvalue weighted by Gasteiger charge is 2.19. The lowest BCUT2D eigenvalue weighted by Crippen LogP contribution is -1.97. The summed E-state index contributed by atoms with van der Waals surface area (Å²) in [6.45, 7) is 0. The average molecular weight is 533 g/mol. The number of carboxylic acids is 1. The van der Waals surface area contributed by atoms with Gasteiger partial charge in [-0.05, 0) is 59.8 Å². The van der Waals surface area contributed by atoms with E-state index in [9.17, 15) is 9.90 Å². The summed E-state index contributed by atoms with van der Waals surface area (Å²) >= 11 is 7.09. The van der Waals surface area contributed by atoms with Crippen molar-refractivity contribution >= 4 is 46.3 Å². The van der Waals surface area contributed by atoms with E-state index in [1.54, 1.807) is 38.5 Å². The van der Waals surface area contributed by atoms with Gasteiger partial charge >= 0.3 is 5.97 Å². The van der Waals surface area contributed by atoms with Crippen molar-refractivity contribution < 1.29 is 19.4 Å². The van der Waals surface area contributed by atoms with E-state index >= 15 is 0 Å². The molecule has 0 atom stereocenters. The molecule has 0 aliphatic heterocycles. The first-order valence-electron chi connectivity index (χ1n) is 11.1. The number of H-pyrrole nitrogens is 2. The van der Waals surface area contributed by atoms with E-state index in [1.165, 1.54) is 0 Å². The molecule has 0 aliphatic rings. The summed E-state index contributed by atoms with van der Waals surface area (Å²) in [6.07, 6.45) is 1.63. The smallest absolute Gasteiger partial charge is 0.342 e. The number of thioether (sulfide) groups is 1. The van der Waals surface area contributed by atoms with Crippen LogP contribution in [0.5, 0.6) is 11.5 Å². The van der Waals surface area contributed by atoms with E-state index in [0.717, 1.165) is 39.5 Å². The topological polar surface area (TPSA) is 113 Å². The Morgan fingerprint density at radius 1 is 1.05 bits per heavy atom. The van der Waals surface area contributed by atoms with Crippen LogP contribution in [0, 0.1) is 0 Å². The summed E-state index contributed by atoms with van der Waals surface area (Å²) in [5.41, 5.74) is 3.91. The molecule has 0 fully saturated rings. The Morgan fingerprint density at radius 2 is 1.86 bits per heavy atom. The Morgan fingerprint density at radius 3 is 2.59 bits per heavy atom. The highest BCUT2D eigenvalue weighted by atomic mass is 35.5. The van der Waals surface area contributed by atoms with Crippen LogP contribution in [-0.4, -0.2) is 45.5 Å². The van der Waals surface area contributed by atoms with Crippen LogP contribution in [0.4, 0.5) is 0 Å². The fourth-order valence-electron chi connectivity index (χ4n) is 3.94. The fraction of sp³-hybridized carbons (Fsp3) is 0.0741. The molecule has 0 radical (unpaired) electrons. The highest BCUT2D eigenvalue weighted by Crippen LogP contribution is 2.37. The first kappa shape index (κ1) is 24.5. The largest absolute Gasteiger partial charge is 0.497 e. The summed E-state index contributed by atoms with van der Waals surface area (Å²) in [5, 5.41) is 18.7. The van der Waals surface area contributed by atoms with Gasteiger partial charge in [-0.1, -0.05) is 41.9 Å². The standard InChI is InChI=1S/C27H21ClN4O4S/c1-35-17-9-10-21-18(13-17)19(24(29-21)15-6-4-3-5-7-15)14-23(26(33)34)37-27-30-25(31-32-27)20-12-16(28)8-11-22(20)36-2/h3-14,29H,1-2H3,(H,33,34)(H,30,31,32)/b23-14-. The van der Waals surface area contributed by atoms with E-state index < -0.39 is 5.97 Å². The third-order valence-corrected chi connectivity index (χ3v) is 6.79. The molecule has 5 aromatic rings. The number of hydrogen-bond donors (Lipinski definition) is 3. The van der Waals surface area contributed by atoms with Gasteiger partial charge in [-0.25, -0.2) is 9.78 Å². The number of rotatable bonds is 8. The molecule has 0 saturated carbocycles. The van der Waals surface area contributed by atoms with E-state index in [0.29, 0.717) is 27.9 Å². The van der Waals surface area contributed by atoms with Crippen molar-refractivity contribution in [2.45, 2.75) is 5.16 Å². The molecule has 0 bridgehead atoms. The Kier molecular flexibility index (Phi) is 6.89. The summed E-state index contributed by atoms with van der Waals surface area (Å²) in [6, 6.07) is 20.5. The van der Waals surface area contributed by atoms with Gasteiger partial charge in [0.1, 0.15) is 16.4 Å². The van der Waals surface area contributed by atoms with Crippen LogP contribution >= 0.6 is 23.4 Å². The maximum absolute atomic E-state index is 12.3. The zero-order valence-electron chi connectivity index (χ0n) is 19.8. The van der Waals surface area contributed by atoms with Crippen LogP contribution in [0.15, 0.2) is 76.8 Å². The number of fused-ring (bicyclic) bond motifs is 1. The minimum atomic E-state index is -1.10. The zero-order valence-corrected chi connectivity index (χ0v) is 21.4. The van der Waals surface area contributed by atoms with Gasteiger partial charge in [0.15, 0.2) is 5.82 Å². The minimum absolute atomic E-state index is 0.0458. The lowest BCUT2D eigenvalue weighted by molar-refractivity contribution is -0.131. The van der Waals surface area contributed by atoms with Gasteiger partial charge < -0.3 is 19.6 Å². The molecule has 0 amide bonds. The molecular weight excluding hydrogens is 512 g/mol. The lowest BCUT2D eigenvalue weighted by Gasteiger charge is -2.05. The third-order valence-electron chi connectivity index (χ3n) is 5.68. The molecule has 2 heterocycles. The van der Waals surface area contributed by atoms with E-state index in [-0.39, 0.29) is 10.1 Å². The number of hydrogen-bond acceptors (Lipinski definition) is 6. The van der Waals surface area contributed by atoms with E-state index in [4.69, 9.17) is 21.1 Å². The monoisotopic (exact) mass is 532 g/mol.